The predicted octanol–water partition coefficient (Wildman–Crippen LogP) is 2.92. The summed E-state index contributed by atoms with van der Waals surface area (Å²) < 4.78 is 19.9. The highest BCUT2D eigenvalue weighted by Gasteiger charge is 2.46. The monoisotopic (exact) mass is 337 g/mol. The van der Waals surface area contributed by atoms with Crippen LogP contribution in [0.3, 0.4) is 0 Å². The van der Waals surface area contributed by atoms with E-state index in [1.807, 2.05) is 0 Å². The largest absolute Gasteiger partial charge is 0.480 e. The topological polar surface area (TPSA) is 75.6 Å². The molecule has 1 heterocycles. The van der Waals surface area contributed by atoms with Gasteiger partial charge in [-0.3, -0.25) is 4.79 Å². The standard InChI is InChI=1S/C16H16FNO4S/c1-22-8-9-12-10(17)4-2-5-11(12)23-13(9)14(19)18-16(15(20)21)6-3-7-16/h2,4-5H,3,6-8H2,1H3,(H,18,19)(H,20,21). The maximum atomic E-state index is 14.1. The van der Waals surface area contributed by atoms with Crippen molar-refractivity contribution in [3.63, 3.8) is 0 Å². The van der Waals surface area contributed by atoms with Gasteiger partial charge in [0.1, 0.15) is 11.4 Å². The Morgan fingerprint density at radius 1 is 1.43 bits per heavy atom. The second-order valence-electron chi connectivity index (χ2n) is 5.65. The molecule has 1 aromatic carbocycles. The molecule has 0 spiro atoms. The number of carbonyl (C=O) groups is 2. The fourth-order valence-electron chi connectivity index (χ4n) is 2.83. The molecule has 2 N–H and O–H groups in total. The van der Waals surface area contributed by atoms with Crippen molar-refractivity contribution in [1.29, 1.82) is 0 Å². The van der Waals surface area contributed by atoms with Crippen LogP contribution in [0.15, 0.2) is 18.2 Å². The van der Waals surface area contributed by atoms with E-state index in [1.54, 1.807) is 12.1 Å². The Kier molecular flexibility index (Phi) is 4.08. The molecule has 23 heavy (non-hydrogen) atoms. The molecular formula is C16H16FNO4S. The lowest BCUT2D eigenvalue weighted by molar-refractivity contribution is -0.148. The summed E-state index contributed by atoms with van der Waals surface area (Å²) >= 11 is 1.15. The van der Waals surface area contributed by atoms with Gasteiger partial charge in [0.25, 0.3) is 5.91 Å². The molecule has 0 saturated heterocycles. The van der Waals surface area contributed by atoms with Gasteiger partial charge in [0.15, 0.2) is 0 Å². The molecule has 1 aliphatic carbocycles. The van der Waals surface area contributed by atoms with Crippen molar-refractivity contribution in [3.8, 4) is 0 Å². The zero-order valence-electron chi connectivity index (χ0n) is 12.5. The van der Waals surface area contributed by atoms with Crippen LogP contribution in [0.4, 0.5) is 4.39 Å². The first-order valence-corrected chi connectivity index (χ1v) is 8.05. The lowest BCUT2D eigenvalue weighted by atomic mass is 9.76. The number of hydrogen-bond donors (Lipinski definition) is 2. The molecule has 7 heteroatoms. The molecule has 3 rings (SSSR count). The van der Waals surface area contributed by atoms with E-state index in [1.165, 1.54) is 13.2 Å². The molecule has 0 aliphatic heterocycles. The number of nitrogens with one attached hydrogen (secondary N) is 1. The molecule has 2 aromatic rings. The molecular weight excluding hydrogens is 321 g/mol. The molecule has 0 radical (unpaired) electrons. The molecule has 0 bridgehead atoms. The summed E-state index contributed by atoms with van der Waals surface area (Å²) in [6.45, 7) is 0.0871. The Hall–Kier alpha value is -1.99. The van der Waals surface area contributed by atoms with Gasteiger partial charge in [-0.2, -0.15) is 0 Å². The van der Waals surface area contributed by atoms with Crippen molar-refractivity contribution in [3.05, 3.63) is 34.5 Å². The minimum Gasteiger partial charge on any atom is -0.480 e. The van der Waals surface area contributed by atoms with Crippen molar-refractivity contribution in [2.75, 3.05) is 7.11 Å². The number of benzene rings is 1. The van der Waals surface area contributed by atoms with Crippen LogP contribution in [0.2, 0.25) is 0 Å². The van der Waals surface area contributed by atoms with Crippen molar-refractivity contribution < 1.29 is 23.8 Å². The second-order valence-corrected chi connectivity index (χ2v) is 6.70. The number of carboxylic acid groups (broad SMARTS) is 1. The number of amides is 1. The number of carboxylic acids is 1. The van der Waals surface area contributed by atoms with Crippen LogP contribution in [0.25, 0.3) is 10.1 Å². The summed E-state index contributed by atoms with van der Waals surface area (Å²) in [6.07, 6.45) is 1.58. The Morgan fingerprint density at radius 2 is 2.17 bits per heavy atom. The van der Waals surface area contributed by atoms with E-state index in [0.717, 1.165) is 17.8 Å². The summed E-state index contributed by atoms with van der Waals surface area (Å²) in [4.78, 5) is 24.3. The Morgan fingerprint density at radius 3 is 2.74 bits per heavy atom. The third-order valence-electron chi connectivity index (χ3n) is 4.23. The summed E-state index contributed by atoms with van der Waals surface area (Å²) in [6, 6.07) is 4.65. The number of halogens is 1. The number of ether oxygens (including phenoxy) is 1. The molecule has 1 amide bonds. The van der Waals surface area contributed by atoms with Gasteiger partial charge in [0.2, 0.25) is 0 Å². The zero-order chi connectivity index (χ0) is 16.6. The lowest BCUT2D eigenvalue weighted by Gasteiger charge is -2.38. The van der Waals surface area contributed by atoms with E-state index in [0.29, 0.717) is 33.4 Å². The summed E-state index contributed by atoms with van der Waals surface area (Å²) in [5.41, 5.74) is -0.737. The van der Waals surface area contributed by atoms with Crippen LogP contribution in [-0.4, -0.2) is 29.6 Å². The van der Waals surface area contributed by atoms with Crippen LogP contribution >= 0.6 is 11.3 Å². The minimum atomic E-state index is -1.20. The Labute approximate surface area is 136 Å². The van der Waals surface area contributed by atoms with Crippen LogP contribution in [0, 0.1) is 5.82 Å². The normalized spacial score (nSPS) is 16.1. The number of methoxy groups -OCH3 is 1. The van der Waals surface area contributed by atoms with Gasteiger partial charge in [-0.05, 0) is 31.4 Å². The van der Waals surface area contributed by atoms with Gasteiger partial charge < -0.3 is 15.2 Å². The highest BCUT2D eigenvalue weighted by Crippen LogP contribution is 2.36. The number of carbonyl (C=O) groups excluding carboxylic acids is 1. The van der Waals surface area contributed by atoms with Gasteiger partial charge in [-0.1, -0.05) is 6.07 Å². The number of rotatable bonds is 5. The minimum absolute atomic E-state index is 0.0871. The van der Waals surface area contributed by atoms with Gasteiger partial charge in [-0.15, -0.1) is 11.3 Å². The van der Waals surface area contributed by atoms with Gasteiger partial charge in [0.05, 0.1) is 11.5 Å². The molecule has 1 aliphatic rings. The molecule has 0 atom stereocenters. The third kappa shape index (κ3) is 2.60. The van der Waals surface area contributed by atoms with Crippen LogP contribution in [0.5, 0.6) is 0 Å². The highest BCUT2D eigenvalue weighted by atomic mass is 32.1. The summed E-state index contributed by atoms with van der Waals surface area (Å²) in [7, 11) is 1.47. The van der Waals surface area contributed by atoms with E-state index < -0.39 is 23.2 Å². The number of fused-ring (bicyclic) bond motifs is 1. The zero-order valence-corrected chi connectivity index (χ0v) is 13.3. The maximum Gasteiger partial charge on any atom is 0.329 e. The van der Waals surface area contributed by atoms with Gasteiger partial charge in [-0.25, -0.2) is 9.18 Å². The van der Waals surface area contributed by atoms with Crippen LogP contribution in [-0.2, 0) is 16.1 Å². The predicted molar refractivity (Wildman–Crippen MR) is 84.2 cm³/mol. The number of hydrogen-bond acceptors (Lipinski definition) is 4. The molecule has 122 valence electrons. The average Bonchev–Trinajstić information content (AvgIpc) is 2.83. The maximum absolute atomic E-state index is 14.1. The highest BCUT2D eigenvalue weighted by molar-refractivity contribution is 7.21. The number of thiophene rings is 1. The molecule has 5 nitrogen and oxygen atoms in total. The average molecular weight is 337 g/mol. The molecule has 1 saturated carbocycles. The first kappa shape index (κ1) is 15.9. The van der Waals surface area contributed by atoms with Crippen LogP contribution in [0.1, 0.15) is 34.5 Å². The lowest BCUT2D eigenvalue weighted by Crippen LogP contribution is -2.59. The van der Waals surface area contributed by atoms with E-state index in [2.05, 4.69) is 5.32 Å². The number of aliphatic carboxylic acids is 1. The second kappa shape index (κ2) is 5.90. The molecule has 1 aromatic heterocycles. The van der Waals surface area contributed by atoms with Crippen molar-refractivity contribution in [2.24, 2.45) is 0 Å². The third-order valence-corrected chi connectivity index (χ3v) is 5.42. The van der Waals surface area contributed by atoms with Gasteiger partial charge in [0, 0.05) is 22.8 Å². The Bertz CT molecular complexity index is 782. The summed E-state index contributed by atoms with van der Waals surface area (Å²) in [5, 5.41) is 12.3. The van der Waals surface area contributed by atoms with Crippen molar-refractivity contribution in [1.82, 2.24) is 5.32 Å². The van der Waals surface area contributed by atoms with E-state index >= 15 is 0 Å². The molecule has 1 fully saturated rings. The quantitative estimate of drug-likeness (QED) is 0.880. The fourth-order valence-corrected chi connectivity index (χ4v) is 3.95. The van der Waals surface area contributed by atoms with Crippen molar-refractivity contribution in [2.45, 2.75) is 31.4 Å². The SMILES string of the molecule is COCc1c(C(=O)NC2(C(=O)O)CCC2)sc2cccc(F)c12. The first-order valence-electron chi connectivity index (χ1n) is 7.23. The Balaban J connectivity index is 2.01. The van der Waals surface area contributed by atoms with Gasteiger partial charge >= 0.3 is 5.97 Å². The first-order chi connectivity index (χ1) is 11.0. The summed E-state index contributed by atoms with van der Waals surface area (Å²) in [5.74, 6) is -1.93. The fraction of sp³-hybridized carbons (Fsp3) is 0.375. The van der Waals surface area contributed by atoms with E-state index in [9.17, 15) is 19.1 Å². The molecule has 0 unspecified atom stereocenters. The van der Waals surface area contributed by atoms with Crippen LogP contribution < -0.4 is 5.32 Å². The van der Waals surface area contributed by atoms with E-state index in [4.69, 9.17) is 4.74 Å². The van der Waals surface area contributed by atoms with Crippen molar-refractivity contribution >= 4 is 33.3 Å². The smallest absolute Gasteiger partial charge is 0.329 e. The van der Waals surface area contributed by atoms with E-state index in [-0.39, 0.29) is 6.61 Å².